The second kappa shape index (κ2) is 6.90. The Kier molecular flexibility index (Phi) is 5.96. The van der Waals surface area contributed by atoms with Crippen LogP contribution in [0.4, 0.5) is 0 Å². The van der Waals surface area contributed by atoms with Crippen molar-refractivity contribution in [1.29, 1.82) is 0 Å². The van der Waals surface area contributed by atoms with Gasteiger partial charge in [-0.05, 0) is 48.6 Å². The normalized spacial score (nSPS) is 14.2. The Morgan fingerprint density at radius 2 is 1.86 bits per heavy atom. The van der Waals surface area contributed by atoms with Gasteiger partial charge >= 0.3 is 0 Å². The molecule has 21 heavy (non-hydrogen) atoms. The van der Waals surface area contributed by atoms with Gasteiger partial charge in [0.15, 0.2) is 0 Å². The summed E-state index contributed by atoms with van der Waals surface area (Å²) in [5.41, 5.74) is 2.17. The zero-order chi connectivity index (χ0) is 16.3. The third-order valence-corrected chi connectivity index (χ3v) is 5.48. The largest absolute Gasteiger partial charge is 0.316 e. The van der Waals surface area contributed by atoms with Crippen molar-refractivity contribution in [3.8, 4) is 0 Å². The zero-order valence-corrected chi connectivity index (χ0v) is 14.8. The number of nitrogens with one attached hydrogen (secondary N) is 2. The third-order valence-electron chi connectivity index (χ3n) is 4.06. The Hall–Kier alpha value is -0.910. The summed E-state index contributed by atoms with van der Waals surface area (Å²) < 4.78 is 27.5. The first-order valence-electron chi connectivity index (χ1n) is 7.31. The van der Waals surface area contributed by atoms with Crippen LogP contribution in [0, 0.1) is 18.3 Å². The highest BCUT2D eigenvalue weighted by atomic mass is 32.2. The standard InChI is InChI=1S/C16H28N2O2S/c1-12-7-8-15(9-14(12)11-17-6)21(19,20)18-10-13(2)16(3,4)5/h7-9,13,17-18H,10-11H2,1-6H3. The van der Waals surface area contributed by atoms with Crippen LogP contribution in [0.5, 0.6) is 0 Å². The number of rotatable bonds is 6. The van der Waals surface area contributed by atoms with Gasteiger partial charge in [0.05, 0.1) is 4.90 Å². The topological polar surface area (TPSA) is 58.2 Å². The third kappa shape index (κ3) is 5.09. The van der Waals surface area contributed by atoms with Crippen LogP contribution in [-0.2, 0) is 16.6 Å². The van der Waals surface area contributed by atoms with Crippen molar-refractivity contribution in [2.24, 2.45) is 11.3 Å². The highest BCUT2D eigenvalue weighted by Gasteiger charge is 2.23. The quantitative estimate of drug-likeness (QED) is 0.849. The zero-order valence-electron chi connectivity index (χ0n) is 13.9. The van der Waals surface area contributed by atoms with Gasteiger partial charge in [-0.1, -0.05) is 33.8 Å². The van der Waals surface area contributed by atoms with E-state index in [4.69, 9.17) is 0 Å². The molecule has 0 aliphatic rings. The second-order valence-corrected chi connectivity index (χ2v) is 8.50. The molecule has 1 atom stereocenters. The molecule has 120 valence electrons. The van der Waals surface area contributed by atoms with E-state index in [-0.39, 0.29) is 11.3 Å². The molecule has 0 aliphatic heterocycles. The molecule has 0 heterocycles. The Morgan fingerprint density at radius 1 is 1.24 bits per heavy atom. The van der Waals surface area contributed by atoms with Crippen molar-refractivity contribution in [3.63, 3.8) is 0 Å². The Balaban J connectivity index is 2.91. The Morgan fingerprint density at radius 3 is 2.38 bits per heavy atom. The number of hydrogen-bond acceptors (Lipinski definition) is 3. The van der Waals surface area contributed by atoms with Gasteiger partial charge < -0.3 is 5.32 Å². The molecule has 0 aliphatic carbocycles. The molecule has 1 unspecified atom stereocenters. The molecule has 5 heteroatoms. The van der Waals surface area contributed by atoms with Gasteiger partial charge in [-0.2, -0.15) is 0 Å². The lowest BCUT2D eigenvalue weighted by atomic mass is 9.82. The van der Waals surface area contributed by atoms with Crippen molar-refractivity contribution >= 4 is 10.0 Å². The molecule has 1 aromatic carbocycles. The molecule has 1 aromatic rings. The smallest absolute Gasteiger partial charge is 0.240 e. The minimum absolute atomic E-state index is 0.0765. The molecular weight excluding hydrogens is 284 g/mol. The first-order valence-corrected chi connectivity index (χ1v) is 8.80. The van der Waals surface area contributed by atoms with E-state index in [9.17, 15) is 8.42 Å². The number of sulfonamides is 1. The van der Waals surface area contributed by atoms with Crippen molar-refractivity contribution in [2.45, 2.75) is 46.1 Å². The van der Waals surface area contributed by atoms with Crippen molar-refractivity contribution in [3.05, 3.63) is 29.3 Å². The predicted molar refractivity (Wildman–Crippen MR) is 87.8 cm³/mol. The molecule has 1 rings (SSSR count). The van der Waals surface area contributed by atoms with E-state index in [1.807, 2.05) is 20.0 Å². The van der Waals surface area contributed by atoms with Crippen LogP contribution in [0.15, 0.2) is 23.1 Å². The summed E-state index contributed by atoms with van der Waals surface area (Å²) in [6.07, 6.45) is 0. The van der Waals surface area contributed by atoms with Crippen molar-refractivity contribution in [1.82, 2.24) is 10.0 Å². The fourth-order valence-corrected chi connectivity index (χ4v) is 3.00. The monoisotopic (exact) mass is 312 g/mol. The first kappa shape index (κ1) is 18.1. The summed E-state index contributed by atoms with van der Waals surface area (Å²) in [6, 6.07) is 5.27. The molecule has 2 N–H and O–H groups in total. The van der Waals surface area contributed by atoms with Crippen LogP contribution >= 0.6 is 0 Å². The molecule has 0 aromatic heterocycles. The SMILES string of the molecule is CNCc1cc(S(=O)(=O)NCC(C)C(C)(C)C)ccc1C. The van der Waals surface area contributed by atoms with E-state index in [0.29, 0.717) is 18.0 Å². The molecule has 0 spiro atoms. The predicted octanol–water partition coefficient (Wildman–Crippen LogP) is 2.67. The van der Waals surface area contributed by atoms with Gasteiger partial charge in [-0.3, -0.25) is 0 Å². The average molecular weight is 312 g/mol. The van der Waals surface area contributed by atoms with E-state index in [1.54, 1.807) is 12.1 Å². The van der Waals surface area contributed by atoms with Crippen LogP contribution in [0.25, 0.3) is 0 Å². The van der Waals surface area contributed by atoms with E-state index in [2.05, 4.69) is 37.7 Å². The summed E-state index contributed by atoms with van der Waals surface area (Å²) in [7, 11) is -1.60. The summed E-state index contributed by atoms with van der Waals surface area (Å²) in [5, 5.41) is 3.06. The number of aryl methyl sites for hydroxylation is 1. The maximum atomic E-state index is 12.4. The van der Waals surface area contributed by atoms with Gasteiger partial charge in [0, 0.05) is 13.1 Å². The van der Waals surface area contributed by atoms with Crippen LogP contribution in [0.1, 0.15) is 38.8 Å². The highest BCUT2D eigenvalue weighted by Crippen LogP contribution is 2.25. The lowest BCUT2D eigenvalue weighted by Gasteiger charge is -2.27. The second-order valence-electron chi connectivity index (χ2n) is 6.74. The Bertz CT molecular complexity index is 574. The molecular formula is C16H28N2O2S. The summed E-state index contributed by atoms with van der Waals surface area (Å²) >= 11 is 0. The van der Waals surface area contributed by atoms with E-state index < -0.39 is 10.0 Å². The Labute approximate surface area is 129 Å². The molecule has 0 fully saturated rings. The summed E-state index contributed by atoms with van der Waals surface area (Å²) in [5.74, 6) is 0.259. The molecule has 0 saturated carbocycles. The maximum Gasteiger partial charge on any atom is 0.240 e. The maximum absolute atomic E-state index is 12.4. The molecule has 0 bridgehead atoms. The van der Waals surface area contributed by atoms with Crippen LogP contribution < -0.4 is 10.0 Å². The minimum Gasteiger partial charge on any atom is -0.316 e. The molecule has 0 saturated heterocycles. The fraction of sp³-hybridized carbons (Fsp3) is 0.625. The van der Waals surface area contributed by atoms with Crippen LogP contribution in [0.3, 0.4) is 0 Å². The highest BCUT2D eigenvalue weighted by molar-refractivity contribution is 7.89. The molecule has 0 radical (unpaired) electrons. The summed E-state index contributed by atoms with van der Waals surface area (Å²) in [4.78, 5) is 0.333. The summed E-state index contributed by atoms with van der Waals surface area (Å²) in [6.45, 7) is 11.5. The average Bonchev–Trinajstić information content (AvgIpc) is 2.37. The van der Waals surface area contributed by atoms with E-state index >= 15 is 0 Å². The number of benzene rings is 1. The number of hydrogen-bond donors (Lipinski definition) is 2. The lowest BCUT2D eigenvalue weighted by molar-refractivity contribution is 0.263. The molecule has 0 amide bonds. The van der Waals surface area contributed by atoms with E-state index in [0.717, 1.165) is 11.1 Å². The van der Waals surface area contributed by atoms with Crippen molar-refractivity contribution in [2.75, 3.05) is 13.6 Å². The van der Waals surface area contributed by atoms with Crippen molar-refractivity contribution < 1.29 is 8.42 Å². The first-order chi connectivity index (χ1) is 9.58. The van der Waals surface area contributed by atoms with Gasteiger partial charge in [0.2, 0.25) is 10.0 Å². The van der Waals surface area contributed by atoms with Gasteiger partial charge in [0.1, 0.15) is 0 Å². The fourth-order valence-electron chi connectivity index (χ4n) is 1.82. The minimum atomic E-state index is -3.45. The van der Waals surface area contributed by atoms with Gasteiger partial charge in [0.25, 0.3) is 0 Å². The van der Waals surface area contributed by atoms with Gasteiger partial charge in [-0.15, -0.1) is 0 Å². The molecule has 4 nitrogen and oxygen atoms in total. The van der Waals surface area contributed by atoms with Crippen LogP contribution in [-0.4, -0.2) is 22.0 Å². The van der Waals surface area contributed by atoms with Gasteiger partial charge in [-0.25, -0.2) is 13.1 Å². The van der Waals surface area contributed by atoms with Crippen LogP contribution in [0.2, 0.25) is 0 Å². The van der Waals surface area contributed by atoms with E-state index in [1.165, 1.54) is 0 Å². The lowest BCUT2D eigenvalue weighted by Crippen LogP contribution is -2.33.